The molecule has 0 aliphatic carbocycles. The summed E-state index contributed by atoms with van der Waals surface area (Å²) < 4.78 is 7.75. The van der Waals surface area contributed by atoms with Crippen molar-refractivity contribution >= 4 is 22.6 Å². The van der Waals surface area contributed by atoms with E-state index in [4.69, 9.17) is 16.1 Å². The van der Waals surface area contributed by atoms with Gasteiger partial charge in [-0.25, -0.2) is 4.98 Å². The summed E-state index contributed by atoms with van der Waals surface area (Å²) in [6, 6.07) is 15.6. The minimum Gasteiger partial charge on any atom is -0.492 e. The lowest BCUT2D eigenvalue weighted by atomic mass is 10.1. The van der Waals surface area contributed by atoms with Crippen molar-refractivity contribution in [2.75, 3.05) is 18.1 Å². The van der Waals surface area contributed by atoms with Gasteiger partial charge in [0.05, 0.1) is 29.9 Å². The molecule has 0 N–H and O–H groups in total. The molecule has 0 unspecified atom stereocenters. The van der Waals surface area contributed by atoms with Crippen molar-refractivity contribution < 1.29 is 9.53 Å². The molecule has 0 bridgehead atoms. The highest BCUT2D eigenvalue weighted by Gasteiger charge is 2.35. The quantitative estimate of drug-likeness (QED) is 0.654. The first-order valence-corrected chi connectivity index (χ1v) is 9.13. The molecule has 4 rings (SSSR count). The molecule has 136 valence electrons. The highest BCUT2D eigenvalue weighted by atomic mass is 16.5. The highest BCUT2D eigenvalue weighted by molar-refractivity contribution is 5.97. The minimum absolute atomic E-state index is 0.00654. The van der Waals surface area contributed by atoms with Crippen molar-refractivity contribution in [3.8, 4) is 18.1 Å². The van der Waals surface area contributed by atoms with Gasteiger partial charge in [0.2, 0.25) is 5.91 Å². The minimum atomic E-state index is -0.00654. The molecule has 0 saturated carbocycles. The number of para-hydroxylation sites is 4. The zero-order valence-corrected chi connectivity index (χ0v) is 15.3. The van der Waals surface area contributed by atoms with Gasteiger partial charge in [-0.15, -0.1) is 6.42 Å². The van der Waals surface area contributed by atoms with Crippen LogP contribution in [-0.4, -0.2) is 28.6 Å². The lowest BCUT2D eigenvalue weighted by Gasteiger charge is -2.20. The number of hydrogen-bond donors (Lipinski definition) is 0. The fourth-order valence-electron chi connectivity index (χ4n) is 3.73. The Morgan fingerprint density at radius 1 is 1.22 bits per heavy atom. The molecule has 2 aromatic carbocycles. The maximum Gasteiger partial charge on any atom is 0.227 e. The van der Waals surface area contributed by atoms with Crippen LogP contribution in [0.3, 0.4) is 0 Å². The lowest BCUT2D eigenvalue weighted by Crippen LogP contribution is -2.25. The number of fused-ring (bicyclic) bond motifs is 1. The van der Waals surface area contributed by atoms with Crippen molar-refractivity contribution in [2.24, 2.45) is 0 Å². The van der Waals surface area contributed by atoms with E-state index in [1.165, 1.54) is 0 Å². The summed E-state index contributed by atoms with van der Waals surface area (Å²) >= 11 is 0. The van der Waals surface area contributed by atoms with Crippen LogP contribution >= 0.6 is 0 Å². The van der Waals surface area contributed by atoms with Gasteiger partial charge in [-0.05, 0) is 31.2 Å². The van der Waals surface area contributed by atoms with Gasteiger partial charge in [-0.1, -0.05) is 30.2 Å². The number of nitrogens with zero attached hydrogens (tertiary/aromatic N) is 3. The van der Waals surface area contributed by atoms with Crippen LogP contribution in [0.15, 0.2) is 48.5 Å². The first-order valence-electron chi connectivity index (χ1n) is 9.13. The van der Waals surface area contributed by atoms with E-state index in [-0.39, 0.29) is 11.8 Å². The Bertz CT molecular complexity index is 1030. The molecular weight excluding hydrogens is 338 g/mol. The van der Waals surface area contributed by atoms with Crippen LogP contribution in [-0.2, 0) is 11.3 Å². The average Bonchev–Trinajstić information content (AvgIpc) is 3.24. The molecule has 1 aliphatic rings. The zero-order chi connectivity index (χ0) is 18.8. The van der Waals surface area contributed by atoms with Crippen molar-refractivity contribution in [1.29, 1.82) is 0 Å². The zero-order valence-electron chi connectivity index (χ0n) is 15.3. The van der Waals surface area contributed by atoms with E-state index in [1.807, 2.05) is 60.0 Å². The summed E-state index contributed by atoms with van der Waals surface area (Å²) in [6.07, 6.45) is 6.00. The molecule has 1 fully saturated rings. The predicted molar refractivity (Wildman–Crippen MR) is 106 cm³/mol. The third kappa shape index (κ3) is 3.04. The van der Waals surface area contributed by atoms with Crippen molar-refractivity contribution in [1.82, 2.24) is 9.55 Å². The molecular formula is C22H21N3O2. The Morgan fingerprint density at radius 3 is 2.81 bits per heavy atom. The van der Waals surface area contributed by atoms with Crippen LogP contribution in [0.1, 0.15) is 25.1 Å². The molecule has 1 aliphatic heterocycles. The van der Waals surface area contributed by atoms with Crippen LogP contribution in [0.2, 0.25) is 0 Å². The number of amides is 1. The summed E-state index contributed by atoms with van der Waals surface area (Å²) in [6.45, 7) is 3.50. The number of carbonyl (C=O) groups is 1. The van der Waals surface area contributed by atoms with Gasteiger partial charge in [-0.2, -0.15) is 0 Å². The van der Waals surface area contributed by atoms with E-state index < -0.39 is 0 Å². The first kappa shape index (κ1) is 17.2. The number of rotatable bonds is 5. The second kappa shape index (κ2) is 7.16. The average molecular weight is 359 g/mol. The molecule has 3 aromatic rings. The Labute approximate surface area is 158 Å². The molecule has 27 heavy (non-hydrogen) atoms. The molecule has 1 saturated heterocycles. The second-order valence-corrected chi connectivity index (χ2v) is 6.56. The van der Waals surface area contributed by atoms with E-state index in [0.29, 0.717) is 26.1 Å². The summed E-state index contributed by atoms with van der Waals surface area (Å²) in [4.78, 5) is 19.4. The van der Waals surface area contributed by atoms with Crippen LogP contribution < -0.4 is 9.64 Å². The number of terminal acetylenes is 1. The summed E-state index contributed by atoms with van der Waals surface area (Å²) in [5.74, 6) is 4.38. The Hall–Kier alpha value is -3.26. The number of hydrogen-bond acceptors (Lipinski definition) is 3. The van der Waals surface area contributed by atoms with Gasteiger partial charge in [0, 0.05) is 18.9 Å². The van der Waals surface area contributed by atoms with Gasteiger partial charge in [0.15, 0.2) is 0 Å². The summed E-state index contributed by atoms with van der Waals surface area (Å²) in [5.41, 5.74) is 2.72. The summed E-state index contributed by atoms with van der Waals surface area (Å²) in [7, 11) is 0. The van der Waals surface area contributed by atoms with Crippen molar-refractivity contribution in [3.63, 3.8) is 0 Å². The number of carbonyl (C=O) groups excluding carboxylic acids is 1. The smallest absolute Gasteiger partial charge is 0.227 e. The van der Waals surface area contributed by atoms with Gasteiger partial charge >= 0.3 is 0 Å². The molecule has 2 heterocycles. The van der Waals surface area contributed by atoms with E-state index in [9.17, 15) is 4.79 Å². The third-order valence-corrected chi connectivity index (χ3v) is 4.88. The summed E-state index contributed by atoms with van der Waals surface area (Å²) in [5, 5.41) is 0. The Kier molecular flexibility index (Phi) is 4.55. The Balaban J connectivity index is 1.70. The molecule has 0 radical (unpaired) electrons. The maximum atomic E-state index is 12.8. The molecule has 1 aromatic heterocycles. The molecule has 0 spiro atoms. The van der Waals surface area contributed by atoms with Crippen LogP contribution in [0.25, 0.3) is 11.0 Å². The van der Waals surface area contributed by atoms with E-state index >= 15 is 0 Å². The predicted octanol–water partition coefficient (Wildman–Crippen LogP) is 3.59. The fourth-order valence-corrected chi connectivity index (χ4v) is 3.73. The highest BCUT2D eigenvalue weighted by Crippen LogP contribution is 2.37. The standard InChI is InChI=1S/C22H21N3O2/c1-3-13-24-18-10-6-5-9-17(18)23-22(24)16-14-21(26)25(15-16)19-11-7-8-12-20(19)27-4-2/h1,5-12,16H,4,13-15H2,2H3/t16-/m0/s1. The number of benzene rings is 2. The third-order valence-electron chi connectivity index (χ3n) is 4.88. The van der Waals surface area contributed by atoms with E-state index in [1.54, 1.807) is 4.90 Å². The molecule has 5 nitrogen and oxygen atoms in total. The number of aromatic nitrogens is 2. The van der Waals surface area contributed by atoms with Gasteiger partial charge in [0.25, 0.3) is 0 Å². The van der Waals surface area contributed by atoms with Crippen LogP contribution in [0.5, 0.6) is 5.75 Å². The van der Waals surface area contributed by atoms with Crippen LogP contribution in [0, 0.1) is 12.3 Å². The topological polar surface area (TPSA) is 47.4 Å². The van der Waals surface area contributed by atoms with Crippen LogP contribution in [0.4, 0.5) is 5.69 Å². The Morgan fingerprint density at radius 2 is 2.00 bits per heavy atom. The fraction of sp³-hybridized carbons (Fsp3) is 0.273. The number of anilines is 1. The lowest BCUT2D eigenvalue weighted by molar-refractivity contribution is -0.117. The largest absolute Gasteiger partial charge is 0.492 e. The van der Waals surface area contributed by atoms with Crippen molar-refractivity contribution in [3.05, 3.63) is 54.4 Å². The molecule has 1 amide bonds. The SMILES string of the molecule is C#CCn1c([C@H]2CC(=O)N(c3ccccc3OCC)C2)nc2ccccc21. The molecule has 5 heteroatoms. The number of ether oxygens (including phenoxy) is 1. The second-order valence-electron chi connectivity index (χ2n) is 6.56. The van der Waals surface area contributed by atoms with Gasteiger partial charge < -0.3 is 14.2 Å². The van der Waals surface area contributed by atoms with Crippen molar-refractivity contribution in [2.45, 2.75) is 25.8 Å². The number of imidazole rings is 1. The normalized spacial score (nSPS) is 16.7. The first-order chi connectivity index (χ1) is 13.2. The van der Waals surface area contributed by atoms with Gasteiger partial charge in [0.1, 0.15) is 11.6 Å². The van der Waals surface area contributed by atoms with E-state index in [2.05, 4.69) is 5.92 Å². The van der Waals surface area contributed by atoms with E-state index in [0.717, 1.165) is 28.3 Å². The monoisotopic (exact) mass is 359 g/mol. The van der Waals surface area contributed by atoms with Gasteiger partial charge in [-0.3, -0.25) is 4.79 Å². The maximum absolute atomic E-state index is 12.8. The molecule has 1 atom stereocenters.